The maximum atomic E-state index is 13.4. The van der Waals surface area contributed by atoms with Gasteiger partial charge in [-0.3, -0.25) is 4.79 Å². The first kappa shape index (κ1) is 17.5. The molecule has 0 unspecified atom stereocenters. The molecule has 0 radical (unpaired) electrons. The minimum Gasteiger partial charge on any atom is -0.328 e. The number of hydrogen-bond donors (Lipinski definition) is 0. The van der Waals surface area contributed by atoms with Gasteiger partial charge in [0.1, 0.15) is 14.9 Å². The molecular weight excluding hydrogens is 386 g/mol. The third kappa shape index (κ3) is 3.02. The molecule has 6 heteroatoms. The van der Waals surface area contributed by atoms with E-state index in [4.69, 9.17) is 4.98 Å². The number of fused-ring (bicyclic) bond motifs is 1. The van der Waals surface area contributed by atoms with Crippen molar-refractivity contribution in [3.8, 4) is 10.6 Å². The van der Waals surface area contributed by atoms with Gasteiger partial charge in [-0.25, -0.2) is 9.97 Å². The maximum Gasteiger partial charge on any atom is 0.266 e. The van der Waals surface area contributed by atoms with Crippen LogP contribution in [0, 0.1) is 6.92 Å². The second-order valence-corrected chi connectivity index (χ2v) is 9.04. The molecule has 28 heavy (non-hydrogen) atoms. The highest BCUT2D eigenvalue weighted by Crippen LogP contribution is 2.38. The van der Waals surface area contributed by atoms with Gasteiger partial charge < -0.3 is 4.90 Å². The number of benzene rings is 2. The van der Waals surface area contributed by atoms with Crippen molar-refractivity contribution in [2.24, 2.45) is 0 Å². The summed E-state index contributed by atoms with van der Waals surface area (Å²) in [5.41, 5.74) is 2.88. The first-order chi connectivity index (χ1) is 13.7. The third-order valence-corrected chi connectivity index (χ3v) is 7.45. The molecule has 0 spiro atoms. The number of carbonyl (C=O) groups is 1. The molecule has 1 amide bonds. The molecule has 1 aliphatic heterocycles. The van der Waals surface area contributed by atoms with Crippen LogP contribution < -0.4 is 0 Å². The predicted octanol–water partition coefficient (Wildman–Crippen LogP) is 5.71. The van der Waals surface area contributed by atoms with Gasteiger partial charge in [0.2, 0.25) is 0 Å². The number of para-hydroxylation sites is 1. The van der Waals surface area contributed by atoms with E-state index >= 15 is 0 Å². The summed E-state index contributed by atoms with van der Waals surface area (Å²) < 4.78 is 1.18. The van der Waals surface area contributed by atoms with Crippen LogP contribution in [-0.4, -0.2) is 27.3 Å². The molecule has 0 bridgehead atoms. The van der Waals surface area contributed by atoms with Crippen molar-refractivity contribution < 1.29 is 4.79 Å². The number of likely N-dealkylation sites (tertiary alicyclic amines) is 1. The van der Waals surface area contributed by atoms with Crippen molar-refractivity contribution in [3.63, 3.8) is 0 Å². The largest absolute Gasteiger partial charge is 0.328 e. The first-order valence-electron chi connectivity index (χ1n) is 9.40. The molecule has 140 valence electrons. The molecule has 1 atom stereocenters. The molecule has 4 aromatic rings. The number of thiazole rings is 2. The van der Waals surface area contributed by atoms with Crippen molar-refractivity contribution in [1.82, 2.24) is 14.9 Å². The van der Waals surface area contributed by atoms with E-state index in [2.05, 4.69) is 11.1 Å². The Kier molecular flexibility index (Phi) is 4.45. The summed E-state index contributed by atoms with van der Waals surface area (Å²) in [4.78, 5) is 25.6. The van der Waals surface area contributed by atoms with Gasteiger partial charge in [-0.15, -0.1) is 22.7 Å². The van der Waals surface area contributed by atoms with E-state index in [1.165, 1.54) is 16.0 Å². The van der Waals surface area contributed by atoms with Crippen LogP contribution in [0.4, 0.5) is 0 Å². The summed E-state index contributed by atoms with van der Waals surface area (Å²) in [6.45, 7) is 2.70. The molecule has 5 rings (SSSR count). The van der Waals surface area contributed by atoms with Crippen LogP contribution in [0.1, 0.15) is 39.3 Å². The highest BCUT2D eigenvalue weighted by Gasteiger charge is 2.34. The molecule has 2 aromatic heterocycles. The van der Waals surface area contributed by atoms with Crippen LogP contribution in [0.2, 0.25) is 0 Å². The Morgan fingerprint density at radius 3 is 2.64 bits per heavy atom. The van der Waals surface area contributed by atoms with Gasteiger partial charge in [0.05, 0.1) is 22.0 Å². The van der Waals surface area contributed by atoms with E-state index < -0.39 is 0 Å². The third-order valence-electron chi connectivity index (χ3n) is 5.12. The van der Waals surface area contributed by atoms with Gasteiger partial charge >= 0.3 is 0 Å². The van der Waals surface area contributed by atoms with Crippen LogP contribution in [0.5, 0.6) is 0 Å². The number of hydrogen-bond acceptors (Lipinski definition) is 5. The Morgan fingerprint density at radius 1 is 1.04 bits per heavy atom. The van der Waals surface area contributed by atoms with Crippen LogP contribution in [0.15, 0.2) is 54.6 Å². The number of nitrogens with zero attached hydrogens (tertiary/aromatic N) is 3. The number of aromatic nitrogens is 2. The summed E-state index contributed by atoms with van der Waals surface area (Å²) in [6, 6.07) is 18.3. The molecule has 3 heterocycles. The van der Waals surface area contributed by atoms with Crippen LogP contribution in [-0.2, 0) is 0 Å². The second-order valence-electron chi connectivity index (χ2n) is 6.98. The van der Waals surface area contributed by atoms with Crippen LogP contribution in [0.3, 0.4) is 0 Å². The van der Waals surface area contributed by atoms with Gasteiger partial charge in [-0.2, -0.15) is 0 Å². The average Bonchev–Trinajstić information content (AvgIpc) is 3.45. The number of carbonyl (C=O) groups excluding carboxylic acids is 1. The normalized spacial score (nSPS) is 16.8. The highest BCUT2D eigenvalue weighted by atomic mass is 32.1. The number of rotatable bonds is 3. The summed E-state index contributed by atoms with van der Waals surface area (Å²) in [6.07, 6.45) is 1.98. The summed E-state index contributed by atoms with van der Waals surface area (Å²) >= 11 is 3.19. The standard InChI is InChI=1S/C22H19N3OS2/c1-14-19(28-20(23-14)15-8-3-2-4-9-15)22(26)25-13-7-11-17(25)21-24-16-10-5-6-12-18(16)27-21/h2-6,8-10,12,17H,7,11,13H2,1H3/t17-/m0/s1. The first-order valence-corrected chi connectivity index (χ1v) is 11.0. The highest BCUT2D eigenvalue weighted by molar-refractivity contribution is 7.18. The molecule has 2 aromatic carbocycles. The summed E-state index contributed by atoms with van der Waals surface area (Å²) in [7, 11) is 0. The molecular formula is C22H19N3OS2. The predicted molar refractivity (Wildman–Crippen MR) is 115 cm³/mol. The second kappa shape index (κ2) is 7.11. The van der Waals surface area contributed by atoms with Crippen molar-refractivity contribution in [1.29, 1.82) is 0 Å². The van der Waals surface area contributed by atoms with Crippen molar-refractivity contribution in [2.45, 2.75) is 25.8 Å². The van der Waals surface area contributed by atoms with E-state index in [0.29, 0.717) is 0 Å². The van der Waals surface area contributed by atoms with Crippen molar-refractivity contribution in [3.05, 3.63) is 70.2 Å². The fourth-order valence-corrected chi connectivity index (χ4v) is 5.87. The summed E-state index contributed by atoms with van der Waals surface area (Å²) in [5.74, 6) is 0.0823. The van der Waals surface area contributed by atoms with E-state index in [-0.39, 0.29) is 11.9 Å². The lowest BCUT2D eigenvalue weighted by atomic mass is 10.2. The molecule has 0 N–H and O–H groups in total. The Labute approximate surface area is 171 Å². The van der Waals surface area contributed by atoms with Gasteiger partial charge in [0.25, 0.3) is 5.91 Å². The lowest BCUT2D eigenvalue weighted by molar-refractivity contribution is 0.0739. The van der Waals surface area contributed by atoms with E-state index in [1.807, 2.05) is 60.4 Å². The minimum atomic E-state index is 0.0616. The smallest absolute Gasteiger partial charge is 0.266 e. The molecule has 1 saturated heterocycles. The minimum absolute atomic E-state index is 0.0616. The Balaban J connectivity index is 1.47. The Morgan fingerprint density at radius 2 is 1.82 bits per heavy atom. The SMILES string of the molecule is Cc1nc(-c2ccccc2)sc1C(=O)N1CCC[C@H]1c1nc2ccccc2s1. The van der Waals surface area contributed by atoms with E-state index in [0.717, 1.165) is 51.1 Å². The fraction of sp³-hybridized carbons (Fsp3) is 0.227. The molecule has 1 aliphatic rings. The van der Waals surface area contributed by atoms with Gasteiger partial charge in [0, 0.05) is 12.1 Å². The Hall–Kier alpha value is -2.57. The fourth-order valence-electron chi connectivity index (χ4n) is 3.73. The van der Waals surface area contributed by atoms with Gasteiger partial charge in [-0.05, 0) is 31.9 Å². The monoisotopic (exact) mass is 405 g/mol. The van der Waals surface area contributed by atoms with E-state index in [9.17, 15) is 4.79 Å². The zero-order valence-electron chi connectivity index (χ0n) is 15.5. The zero-order chi connectivity index (χ0) is 19.1. The Bertz CT molecular complexity index is 1120. The molecule has 0 aliphatic carbocycles. The van der Waals surface area contributed by atoms with Crippen LogP contribution in [0.25, 0.3) is 20.8 Å². The van der Waals surface area contributed by atoms with Crippen LogP contribution >= 0.6 is 22.7 Å². The lowest BCUT2D eigenvalue weighted by Gasteiger charge is -2.22. The van der Waals surface area contributed by atoms with Gasteiger partial charge in [-0.1, -0.05) is 42.5 Å². The lowest BCUT2D eigenvalue weighted by Crippen LogP contribution is -2.30. The van der Waals surface area contributed by atoms with Crippen molar-refractivity contribution >= 4 is 38.8 Å². The number of aryl methyl sites for hydroxylation is 1. The topological polar surface area (TPSA) is 46.1 Å². The quantitative estimate of drug-likeness (QED) is 0.439. The van der Waals surface area contributed by atoms with Gasteiger partial charge in [0.15, 0.2) is 0 Å². The average molecular weight is 406 g/mol. The molecule has 1 fully saturated rings. The number of amides is 1. The maximum absolute atomic E-state index is 13.4. The summed E-state index contributed by atoms with van der Waals surface area (Å²) in [5, 5.41) is 1.94. The molecule has 4 nitrogen and oxygen atoms in total. The van der Waals surface area contributed by atoms with E-state index in [1.54, 1.807) is 11.3 Å². The molecule has 0 saturated carbocycles. The zero-order valence-corrected chi connectivity index (χ0v) is 17.1. The van der Waals surface area contributed by atoms with Crippen molar-refractivity contribution in [2.75, 3.05) is 6.54 Å².